The maximum Gasteiger partial charge on any atom is 0.175 e. The van der Waals surface area contributed by atoms with Gasteiger partial charge >= 0.3 is 0 Å². The topological polar surface area (TPSA) is 49.2 Å². The number of piperidine rings is 1. The first-order valence-corrected chi connectivity index (χ1v) is 8.47. The molecule has 2 aromatic rings. The fourth-order valence-corrected chi connectivity index (χ4v) is 2.92. The van der Waals surface area contributed by atoms with Crippen molar-refractivity contribution in [2.75, 3.05) is 13.1 Å². The van der Waals surface area contributed by atoms with Gasteiger partial charge < -0.3 is 10.0 Å². The van der Waals surface area contributed by atoms with E-state index >= 15 is 0 Å². The lowest BCUT2D eigenvalue weighted by molar-refractivity contribution is -0.00693. The van der Waals surface area contributed by atoms with Crippen LogP contribution in [-0.4, -0.2) is 39.2 Å². The van der Waals surface area contributed by atoms with Gasteiger partial charge in [0.25, 0.3) is 0 Å². The van der Waals surface area contributed by atoms with Crippen molar-refractivity contribution in [2.45, 2.75) is 26.4 Å². The zero-order valence-electron chi connectivity index (χ0n) is 14.7. The van der Waals surface area contributed by atoms with Crippen molar-refractivity contribution in [3.8, 4) is 11.8 Å². The first-order valence-electron chi connectivity index (χ1n) is 8.47. The van der Waals surface area contributed by atoms with Gasteiger partial charge in [0, 0.05) is 36.5 Å². The lowest BCUT2D eigenvalue weighted by atomic mass is 9.81. The van der Waals surface area contributed by atoms with Crippen LogP contribution >= 0.6 is 0 Å². The van der Waals surface area contributed by atoms with Crippen molar-refractivity contribution in [3.63, 3.8) is 0 Å². The van der Waals surface area contributed by atoms with Gasteiger partial charge in [-0.15, -0.1) is 0 Å². The minimum absolute atomic E-state index is 0.164. The molecule has 1 aliphatic rings. The predicted octanol–water partition coefficient (Wildman–Crippen LogP) is 2.94. The summed E-state index contributed by atoms with van der Waals surface area (Å²) in [6.07, 6.45) is 3.90. The molecule has 0 spiro atoms. The summed E-state index contributed by atoms with van der Waals surface area (Å²) in [5.74, 6) is 6.78. The Morgan fingerprint density at radius 1 is 1.16 bits per heavy atom. The fraction of sp³-hybridized carbons (Fsp3) is 0.333. The van der Waals surface area contributed by atoms with Crippen molar-refractivity contribution in [2.24, 2.45) is 5.41 Å². The van der Waals surface area contributed by atoms with E-state index in [1.165, 1.54) is 0 Å². The number of hydrogen-bond acceptors (Lipinski definition) is 4. The van der Waals surface area contributed by atoms with Gasteiger partial charge in [-0.05, 0) is 18.6 Å². The van der Waals surface area contributed by atoms with Gasteiger partial charge in [0.1, 0.15) is 0 Å². The van der Waals surface area contributed by atoms with E-state index in [4.69, 9.17) is 0 Å². The second-order valence-corrected chi connectivity index (χ2v) is 7.07. The number of hydrogen-bond donors (Lipinski definition) is 1. The van der Waals surface area contributed by atoms with Gasteiger partial charge in [-0.2, -0.15) is 0 Å². The zero-order chi connectivity index (χ0) is 17.9. The smallest absolute Gasteiger partial charge is 0.175 e. The molecule has 1 aromatic heterocycles. The molecule has 1 aromatic carbocycles. The van der Waals surface area contributed by atoms with Crippen molar-refractivity contribution >= 4 is 5.70 Å². The molecule has 128 valence electrons. The molecule has 0 aliphatic carbocycles. The number of benzene rings is 1. The second kappa shape index (κ2) is 7.08. The van der Waals surface area contributed by atoms with E-state index in [2.05, 4.69) is 47.1 Å². The van der Waals surface area contributed by atoms with Gasteiger partial charge in [-0.25, -0.2) is 9.97 Å². The molecule has 0 amide bonds. The summed E-state index contributed by atoms with van der Waals surface area (Å²) in [7, 11) is 0. The average Bonchev–Trinajstić information content (AvgIpc) is 2.63. The highest BCUT2D eigenvalue weighted by atomic mass is 16.3. The molecule has 25 heavy (non-hydrogen) atoms. The Morgan fingerprint density at radius 3 is 2.44 bits per heavy atom. The second-order valence-electron chi connectivity index (χ2n) is 7.07. The lowest BCUT2D eigenvalue weighted by Crippen LogP contribution is -2.47. The highest BCUT2D eigenvalue weighted by Gasteiger charge is 2.35. The van der Waals surface area contributed by atoms with Crippen LogP contribution in [0.4, 0.5) is 0 Å². The molecule has 1 fully saturated rings. The van der Waals surface area contributed by atoms with Crippen LogP contribution < -0.4 is 0 Å². The fourth-order valence-electron chi connectivity index (χ4n) is 2.92. The van der Waals surface area contributed by atoms with Crippen LogP contribution in [0.1, 0.15) is 37.2 Å². The molecule has 0 radical (unpaired) electrons. The van der Waals surface area contributed by atoms with Crippen LogP contribution in [0.25, 0.3) is 5.70 Å². The van der Waals surface area contributed by atoms with Crippen molar-refractivity contribution in [3.05, 3.63) is 66.3 Å². The van der Waals surface area contributed by atoms with E-state index in [0.717, 1.165) is 36.3 Å². The summed E-state index contributed by atoms with van der Waals surface area (Å²) in [4.78, 5) is 11.0. The molecule has 0 bridgehead atoms. The summed E-state index contributed by atoms with van der Waals surface area (Å²) in [6.45, 7) is 9.79. The van der Waals surface area contributed by atoms with Gasteiger partial charge in [-0.1, -0.05) is 50.5 Å². The summed E-state index contributed by atoms with van der Waals surface area (Å²) in [6, 6.07) is 9.83. The molecule has 4 nitrogen and oxygen atoms in total. The highest BCUT2D eigenvalue weighted by molar-refractivity contribution is 5.55. The van der Waals surface area contributed by atoms with Crippen LogP contribution in [-0.2, 0) is 0 Å². The van der Waals surface area contributed by atoms with Crippen LogP contribution in [0.5, 0.6) is 0 Å². The Morgan fingerprint density at radius 2 is 1.80 bits per heavy atom. The Balaban J connectivity index is 1.70. The molecule has 1 saturated heterocycles. The summed E-state index contributed by atoms with van der Waals surface area (Å²) in [5.41, 5.74) is 2.37. The minimum Gasteiger partial charge on any atom is -0.392 e. The van der Waals surface area contributed by atoms with Crippen LogP contribution in [0, 0.1) is 17.3 Å². The molecular weight excluding hydrogens is 310 g/mol. The maximum absolute atomic E-state index is 10.1. The Kier molecular flexibility index (Phi) is 4.87. The lowest BCUT2D eigenvalue weighted by Gasteiger charge is -2.43. The third-order valence-electron chi connectivity index (χ3n) is 4.59. The number of aliphatic hydroxyl groups excluding tert-OH is 1. The van der Waals surface area contributed by atoms with Gasteiger partial charge in [-0.3, -0.25) is 0 Å². The number of aliphatic hydroxyl groups is 1. The van der Waals surface area contributed by atoms with Crippen molar-refractivity contribution in [1.29, 1.82) is 0 Å². The molecule has 3 rings (SSSR count). The molecule has 1 atom stereocenters. The monoisotopic (exact) mass is 333 g/mol. The third kappa shape index (κ3) is 4.07. The third-order valence-corrected chi connectivity index (χ3v) is 4.59. The maximum atomic E-state index is 10.1. The molecule has 1 N–H and O–H groups in total. The number of likely N-dealkylation sites (tertiary alicyclic amines) is 1. The van der Waals surface area contributed by atoms with Gasteiger partial charge in [0.2, 0.25) is 0 Å². The molecule has 4 heteroatoms. The molecular formula is C21H23N3O. The summed E-state index contributed by atoms with van der Waals surface area (Å²) in [5, 5.41) is 10.1. The van der Waals surface area contributed by atoms with Gasteiger partial charge in [0.15, 0.2) is 5.82 Å². The van der Waals surface area contributed by atoms with Crippen LogP contribution in [0.15, 0.2) is 49.3 Å². The molecule has 1 unspecified atom stereocenters. The van der Waals surface area contributed by atoms with Crippen molar-refractivity contribution < 1.29 is 5.11 Å². The average molecular weight is 333 g/mol. The number of nitrogens with zero attached hydrogens (tertiary/aromatic N) is 3. The van der Waals surface area contributed by atoms with Crippen LogP contribution in [0.2, 0.25) is 0 Å². The van der Waals surface area contributed by atoms with Gasteiger partial charge in [0.05, 0.1) is 17.4 Å². The number of rotatable bonds is 2. The van der Waals surface area contributed by atoms with Crippen LogP contribution in [0.3, 0.4) is 0 Å². The Bertz CT molecular complexity index is 801. The van der Waals surface area contributed by atoms with E-state index in [0.29, 0.717) is 5.82 Å². The minimum atomic E-state index is -0.284. The zero-order valence-corrected chi connectivity index (χ0v) is 14.7. The summed E-state index contributed by atoms with van der Waals surface area (Å²) >= 11 is 0. The number of aromatic nitrogens is 2. The highest BCUT2D eigenvalue weighted by Crippen LogP contribution is 2.32. The Hall–Kier alpha value is -2.64. The van der Waals surface area contributed by atoms with E-state index < -0.39 is 0 Å². The molecule has 0 saturated carbocycles. The Labute approximate surface area is 149 Å². The van der Waals surface area contributed by atoms with E-state index in [-0.39, 0.29) is 11.5 Å². The standard InChI is InChI=1S/C21H23N3O/c1-16(24-12-11-19(25)21(2,3)15-24)20-22-13-18(14-23-20)10-9-17-7-5-4-6-8-17/h4-8,13-14,19,25H,1,11-12,15H2,2-3H3. The van der Waals surface area contributed by atoms with Crippen molar-refractivity contribution in [1.82, 2.24) is 14.9 Å². The van der Waals surface area contributed by atoms with E-state index in [9.17, 15) is 5.11 Å². The first-order chi connectivity index (χ1) is 12.0. The SMILES string of the molecule is C=C(c1ncc(C#Cc2ccccc2)cn1)N1CCC(O)C(C)(C)C1. The molecule has 1 aliphatic heterocycles. The predicted molar refractivity (Wildman–Crippen MR) is 99.5 cm³/mol. The van der Waals surface area contributed by atoms with E-state index in [1.807, 2.05) is 30.3 Å². The normalized spacial score (nSPS) is 19.0. The quantitative estimate of drug-likeness (QED) is 0.859. The first kappa shape index (κ1) is 17.2. The molecule has 2 heterocycles. The van der Waals surface area contributed by atoms with E-state index in [1.54, 1.807) is 12.4 Å². The summed E-state index contributed by atoms with van der Waals surface area (Å²) < 4.78 is 0. The largest absolute Gasteiger partial charge is 0.392 e.